The molecule has 3 aromatic rings. The molecule has 3 nitrogen and oxygen atoms in total. The van der Waals surface area contributed by atoms with Gasteiger partial charge in [0.15, 0.2) is 0 Å². The molecule has 2 N–H and O–H groups in total. The third kappa shape index (κ3) is 2.65. The molecule has 0 spiro atoms. The van der Waals surface area contributed by atoms with Crippen molar-refractivity contribution in [3.05, 3.63) is 59.5 Å². The zero-order valence-electron chi connectivity index (χ0n) is 11.9. The smallest absolute Gasteiger partial charge is 0.138 e. The Labute approximate surface area is 122 Å². The summed E-state index contributed by atoms with van der Waals surface area (Å²) < 4.78 is 19.2. The third-order valence-electron chi connectivity index (χ3n) is 3.28. The second-order valence-electron chi connectivity index (χ2n) is 5.05. The van der Waals surface area contributed by atoms with E-state index < -0.39 is 0 Å². The van der Waals surface area contributed by atoms with Crippen LogP contribution >= 0.6 is 0 Å². The highest BCUT2D eigenvalue weighted by atomic mass is 19.1. The Morgan fingerprint density at radius 2 is 1.86 bits per heavy atom. The quantitative estimate of drug-likeness (QED) is 0.710. The molecule has 0 aliphatic heterocycles. The van der Waals surface area contributed by atoms with Crippen LogP contribution in [-0.2, 0) is 0 Å². The van der Waals surface area contributed by atoms with Gasteiger partial charge in [0, 0.05) is 22.8 Å². The summed E-state index contributed by atoms with van der Waals surface area (Å²) >= 11 is 0. The number of ether oxygens (including phenoxy) is 1. The molecule has 0 saturated heterocycles. The molecular weight excluding hydrogens is 267 g/mol. The molecule has 0 radical (unpaired) electrons. The van der Waals surface area contributed by atoms with Crippen molar-refractivity contribution in [2.75, 3.05) is 5.73 Å². The highest BCUT2D eigenvalue weighted by molar-refractivity contribution is 5.88. The van der Waals surface area contributed by atoms with Crippen LogP contribution in [0.5, 0.6) is 11.5 Å². The number of benzene rings is 2. The Morgan fingerprint density at radius 1 is 1.05 bits per heavy atom. The minimum Gasteiger partial charge on any atom is -0.457 e. The number of rotatable bonds is 2. The summed E-state index contributed by atoms with van der Waals surface area (Å²) in [7, 11) is 0. The summed E-state index contributed by atoms with van der Waals surface area (Å²) in [6.07, 6.45) is 0. The maximum Gasteiger partial charge on any atom is 0.138 e. The zero-order valence-corrected chi connectivity index (χ0v) is 11.9. The number of nitrogens with two attached hydrogens (primary N) is 1. The lowest BCUT2D eigenvalue weighted by Crippen LogP contribution is -1.93. The molecule has 0 aliphatic carbocycles. The summed E-state index contributed by atoms with van der Waals surface area (Å²) in [5.41, 5.74) is 8.69. The Hall–Kier alpha value is -2.62. The minimum absolute atomic E-state index is 0.248. The first-order chi connectivity index (χ1) is 10.0. The van der Waals surface area contributed by atoms with Crippen LogP contribution in [0.1, 0.15) is 11.3 Å². The zero-order chi connectivity index (χ0) is 15.0. The highest BCUT2D eigenvalue weighted by Gasteiger charge is 2.08. The van der Waals surface area contributed by atoms with Crippen LogP contribution in [0.4, 0.5) is 10.1 Å². The van der Waals surface area contributed by atoms with Crippen LogP contribution in [-0.4, -0.2) is 4.98 Å². The van der Waals surface area contributed by atoms with E-state index in [4.69, 9.17) is 10.5 Å². The number of hydrogen-bond acceptors (Lipinski definition) is 3. The molecule has 0 aliphatic rings. The summed E-state index contributed by atoms with van der Waals surface area (Å²) in [4.78, 5) is 4.46. The van der Waals surface area contributed by atoms with Crippen LogP contribution in [0, 0.1) is 19.7 Å². The van der Waals surface area contributed by atoms with Crippen LogP contribution in [0.2, 0.25) is 0 Å². The number of fused-ring (bicyclic) bond motifs is 1. The molecule has 1 heterocycles. The van der Waals surface area contributed by atoms with Crippen molar-refractivity contribution in [2.45, 2.75) is 13.8 Å². The fourth-order valence-corrected chi connectivity index (χ4v) is 2.23. The summed E-state index contributed by atoms with van der Waals surface area (Å²) in [5.74, 6) is 1.00. The lowest BCUT2D eigenvalue weighted by molar-refractivity contribution is 0.484. The maximum absolute atomic E-state index is 13.3. The SMILES string of the molecule is Cc1cc(Oc2ccc(F)c(C)c2)c2cc(N)ccc2n1. The maximum atomic E-state index is 13.3. The van der Waals surface area contributed by atoms with Gasteiger partial charge in [0.05, 0.1) is 5.52 Å². The first-order valence-electron chi connectivity index (χ1n) is 6.64. The first kappa shape index (κ1) is 13.4. The Bertz CT molecular complexity index is 830. The molecule has 0 amide bonds. The lowest BCUT2D eigenvalue weighted by atomic mass is 10.1. The number of aromatic nitrogens is 1. The lowest BCUT2D eigenvalue weighted by Gasteiger charge is -2.11. The predicted octanol–water partition coefficient (Wildman–Crippen LogP) is 4.37. The van der Waals surface area contributed by atoms with Gasteiger partial charge in [0.25, 0.3) is 0 Å². The van der Waals surface area contributed by atoms with Crippen LogP contribution in [0.3, 0.4) is 0 Å². The van der Waals surface area contributed by atoms with E-state index in [-0.39, 0.29) is 5.82 Å². The van der Waals surface area contributed by atoms with E-state index in [0.717, 1.165) is 16.6 Å². The van der Waals surface area contributed by atoms with Gasteiger partial charge < -0.3 is 10.5 Å². The normalized spacial score (nSPS) is 10.8. The van der Waals surface area contributed by atoms with Gasteiger partial charge in [-0.25, -0.2) is 4.39 Å². The van der Waals surface area contributed by atoms with E-state index in [1.807, 2.05) is 25.1 Å². The topological polar surface area (TPSA) is 48.1 Å². The number of pyridine rings is 1. The molecule has 21 heavy (non-hydrogen) atoms. The molecule has 0 bridgehead atoms. The van der Waals surface area contributed by atoms with Crippen molar-refractivity contribution in [3.8, 4) is 11.5 Å². The van der Waals surface area contributed by atoms with Crippen LogP contribution in [0.15, 0.2) is 42.5 Å². The van der Waals surface area contributed by atoms with Crippen LogP contribution in [0.25, 0.3) is 10.9 Å². The van der Waals surface area contributed by atoms with E-state index in [0.29, 0.717) is 22.7 Å². The van der Waals surface area contributed by atoms with E-state index in [2.05, 4.69) is 4.98 Å². The largest absolute Gasteiger partial charge is 0.457 e. The fourth-order valence-electron chi connectivity index (χ4n) is 2.23. The van der Waals surface area contributed by atoms with Gasteiger partial charge in [0.2, 0.25) is 0 Å². The van der Waals surface area contributed by atoms with E-state index in [1.54, 1.807) is 25.1 Å². The van der Waals surface area contributed by atoms with E-state index in [1.165, 1.54) is 6.07 Å². The molecular formula is C17H15FN2O. The molecule has 106 valence electrons. The summed E-state index contributed by atoms with van der Waals surface area (Å²) in [6.45, 7) is 3.61. The summed E-state index contributed by atoms with van der Waals surface area (Å²) in [6, 6.07) is 12.0. The van der Waals surface area contributed by atoms with Gasteiger partial charge in [-0.15, -0.1) is 0 Å². The molecule has 0 unspecified atom stereocenters. The Morgan fingerprint density at radius 3 is 2.62 bits per heavy atom. The molecule has 0 saturated carbocycles. The van der Waals surface area contributed by atoms with Gasteiger partial charge in [-0.05, 0) is 55.8 Å². The van der Waals surface area contributed by atoms with E-state index >= 15 is 0 Å². The molecule has 4 heteroatoms. The van der Waals surface area contributed by atoms with Crippen molar-refractivity contribution < 1.29 is 9.13 Å². The van der Waals surface area contributed by atoms with Gasteiger partial charge in [-0.1, -0.05) is 0 Å². The van der Waals surface area contributed by atoms with Crippen molar-refractivity contribution in [1.29, 1.82) is 0 Å². The highest BCUT2D eigenvalue weighted by Crippen LogP contribution is 2.31. The molecule has 0 fully saturated rings. The molecule has 0 atom stereocenters. The third-order valence-corrected chi connectivity index (χ3v) is 3.28. The predicted molar refractivity (Wildman–Crippen MR) is 82.1 cm³/mol. The van der Waals surface area contributed by atoms with Gasteiger partial charge in [-0.3, -0.25) is 4.98 Å². The first-order valence-corrected chi connectivity index (χ1v) is 6.64. The van der Waals surface area contributed by atoms with Gasteiger partial charge in [0.1, 0.15) is 17.3 Å². The number of nitrogens with zero attached hydrogens (tertiary/aromatic N) is 1. The molecule has 3 rings (SSSR count). The number of hydrogen-bond donors (Lipinski definition) is 1. The van der Waals surface area contributed by atoms with Crippen molar-refractivity contribution >= 4 is 16.6 Å². The van der Waals surface area contributed by atoms with Crippen LogP contribution < -0.4 is 10.5 Å². The Kier molecular flexibility index (Phi) is 3.22. The number of nitrogen functional groups attached to an aromatic ring is 1. The van der Waals surface area contributed by atoms with E-state index in [9.17, 15) is 4.39 Å². The molecule has 1 aromatic heterocycles. The van der Waals surface area contributed by atoms with Gasteiger partial charge in [-0.2, -0.15) is 0 Å². The monoisotopic (exact) mass is 282 g/mol. The van der Waals surface area contributed by atoms with Crippen molar-refractivity contribution in [2.24, 2.45) is 0 Å². The number of halogens is 1. The summed E-state index contributed by atoms with van der Waals surface area (Å²) in [5, 5.41) is 0.836. The van der Waals surface area contributed by atoms with Crippen molar-refractivity contribution in [1.82, 2.24) is 4.98 Å². The number of anilines is 1. The van der Waals surface area contributed by atoms with Crippen molar-refractivity contribution in [3.63, 3.8) is 0 Å². The standard InChI is InChI=1S/C17H15FN2O/c1-10-7-13(4-5-15(10)18)21-17-8-11(2)20-16-6-3-12(19)9-14(16)17/h3-9H,19H2,1-2H3. The average Bonchev–Trinajstić information content (AvgIpc) is 2.43. The minimum atomic E-state index is -0.248. The Balaban J connectivity index is 2.10. The number of aryl methyl sites for hydroxylation is 2. The second-order valence-corrected chi connectivity index (χ2v) is 5.05. The second kappa shape index (κ2) is 5.05. The fraction of sp³-hybridized carbons (Fsp3) is 0.118. The van der Waals surface area contributed by atoms with Gasteiger partial charge >= 0.3 is 0 Å². The molecule has 2 aromatic carbocycles. The average molecular weight is 282 g/mol.